The summed E-state index contributed by atoms with van der Waals surface area (Å²) in [5, 5.41) is 6.86. The van der Waals surface area contributed by atoms with Crippen molar-refractivity contribution in [3.05, 3.63) is 90.3 Å². The van der Waals surface area contributed by atoms with Crippen LogP contribution in [-0.4, -0.2) is 25.8 Å². The third-order valence-corrected chi connectivity index (χ3v) is 5.83. The molecule has 0 radical (unpaired) electrons. The highest BCUT2D eigenvalue weighted by atomic mass is 19.1. The van der Waals surface area contributed by atoms with Crippen molar-refractivity contribution in [1.29, 1.82) is 0 Å². The summed E-state index contributed by atoms with van der Waals surface area (Å²) in [7, 11) is 0. The van der Waals surface area contributed by atoms with Gasteiger partial charge in [0, 0.05) is 17.4 Å². The number of H-pyrrole nitrogens is 1. The van der Waals surface area contributed by atoms with Crippen molar-refractivity contribution in [3.63, 3.8) is 0 Å². The van der Waals surface area contributed by atoms with E-state index in [1.54, 1.807) is 18.2 Å². The van der Waals surface area contributed by atoms with Gasteiger partial charge in [0.25, 0.3) is 5.91 Å². The Kier molecular flexibility index (Phi) is 5.91. The quantitative estimate of drug-likeness (QED) is 0.238. The van der Waals surface area contributed by atoms with Crippen LogP contribution in [0.15, 0.2) is 73.3 Å². The number of nitrogens with zero attached hydrogens (tertiary/aromatic N) is 3. The predicted octanol–water partition coefficient (Wildman–Crippen LogP) is 4.56. The Bertz CT molecular complexity index is 1550. The molecule has 1 amide bonds. The standard InChI is InChI=1S/C26H23FN8O/c1-14(15-2-6-17(27)7-3-15)34-26(36)20-10-18(28)11-30-24(20)35-19-8-4-16(5-9-19)21-12-31-25-22(21)23(29)32-13-33-25/h2-14H,28H2,1H3,(H,30,35)(H,34,36)(H3,29,31,32,33)/t14-/m0/s1. The Morgan fingerprint density at radius 1 is 1.03 bits per heavy atom. The largest absolute Gasteiger partial charge is 0.397 e. The number of carbonyl (C=O) groups excluding carboxylic acids is 1. The van der Waals surface area contributed by atoms with E-state index in [4.69, 9.17) is 11.5 Å². The van der Waals surface area contributed by atoms with Gasteiger partial charge in [0.1, 0.15) is 29.4 Å². The minimum Gasteiger partial charge on any atom is -0.397 e. The van der Waals surface area contributed by atoms with Crippen molar-refractivity contribution in [2.45, 2.75) is 13.0 Å². The fourth-order valence-electron chi connectivity index (χ4n) is 3.95. The van der Waals surface area contributed by atoms with Crippen molar-refractivity contribution < 1.29 is 9.18 Å². The van der Waals surface area contributed by atoms with Gasteiger partial charge >= 0.3 is 0 Å². The number of hydrogen-bond donors (Lipinski definition) is 5. The monoisotopic (exact) mass is 482 g/mol. The van der Waals surface area contributed by atoms with Gasteiger partial charge in [-0.25, -0.2) is 19.3 Å². The third-order valence-electron chi connectivity index (χ3n) is 5.83. The highest BCUT2D eigenvalue weighted by molar-refractivity contribution is 6.01. The SMILES string of the molecule is C[C@H](NC(=O)c1cc(N)cnc1Nc1ccc(-c2c[nH]c3ncnc(N)c23)cc1)c1ccc(F)cc1. The fourth-order valence-corrected chi connectivity index (χ4v) is 3.95. The summed E-state index contributed by atoms with van der Waals surface area (Å²) in [4.78, 5) is 28.8. The van der Waals surface area contributed by atoms with Crippen LogP contribution in [0.25, 0.3) is 22.2 Å². The number of carbonyl (C=O) groups is 1. The van der Waals surface area contributed by atoms with Crippen LogP contribution in [0.4, 0.5) is 27.4 Å². The molecule has 0 aliphatic rings. The van der Waals surface area contributed by atoms with Gasteiger partial charge < -0.3 is 27.1 Å². The molecule has 0 saturated carbocycles. The number of nitrogen functional groups attached to an aromatic ring is 2. The van der Waals surface area contributed by atoms with Gasteiger partial charge in [-0.3, -0.25) is 4.79 Å². The third kappa shape index (κ3) is 4.51. The van der Waals surface area contributed by atoms with Crippen molar-refractivity contribution in [1.82, 2.24) is 25.3 Å². The first-order chi connectivity index (χ1) is 17.4. The van der Waals surface area contributed by atoms with Crippen LogP contribution >= 0.6 is 0 Å². The Morgan fingerprint density at radius 3 is 2.53 bits per heavy atom. The lowest BCUT2D eigenvalue weighted by Crippen LogP contribution is -2.27. The molecule has 5 aromatic rings. The van der Waals surface area contributed by atoms with E-state index >= 15 is 0 Å². The minimum absolute atomic E-state index is 0.287. The van der Waals surface area contributed by atoms with Gasteiger partial charge in [0.05, 0.1) is 28.9 Å². The first-order valence-electron chi connectivity index (χ1n) is 11.2. The van der Waals surface area contributed by atoms with Crippen LogP contribution in [0.5, 0.6) is 0 Å². The lowest BCUT2D eigenvalue weighted by atomic mass is 10.1. The number of aromatic nitrogens is 4. The second-order valence-corrected chi connectivity index (χ2v) is 8.30. The average molecular weight is 483 g/mol. The first kappa shape index (κ1) is 22.8. The van der Waals surface area contributed by atoms with Crippen molar-refractivity contribution in [2.75, 3.05) is 16.8 Å². The molecule has 3 aromatic heterocycles. The van der Waals surface area contributed by atoms with E-state index in [1.165, 1.54) is 24.7 Å². The van der Waals surface area contributed by atoms with Crippen LogP contribution in [0.3, 0.4) is 0 Å². The molecule has 10 heteroatoms. The molecular weight excluding hydrogens is 459 g/mol. The maximum Gasteiger partial charge on any atom is 0.255 e. The molecule has 9 nitrogen and oxygen atoms in total. The number of fused-ring (bicyclic) bond motifs is 1. The Balaban J connectivity index is 1.37. The summed E-state index contributed by atoms with van der Waals surface area (Å²) in [6, 6.07) is 14.8. The van der Waals surface area contributed by atoms with Gasteiger partial charge in [0.2, 0.25) is 0 Å². The summed E-state index contributed by atoms with van der Waals surface area (Å²) in [6.45, 7) is 1.82. The number of rotatable bonds is 6. The molecule has 0 saturated heterocycles. The van der Waals surface area contributed by atoms with Crippen molar-refractivity contribution >= 4 is 40.0 Å². The van der Waals surface area contributed by atoms with E-state index in [0.29, 0.717) is 23.0 Å². The summed E-state index contributed by atoms with van der Waals surface area (Å²) in [5.74, 6) is 0.0527. The highest BCUT2D eigenvalue weighted by Gasteiger charge is 2.17. The number of hydrogen-bond acceptors (Lipinski definition) is 7. The Hall–Kier alpha value is -4.99. The molecule has 0 aliphatic heterocycles. The van der Waals surface area contributed by atoms with Crippen LogP contribution in [0.1, 0.15) is 28.9 Å². The van der Waals surface area contributed by atoms with Gasteiger partial charge in [-0.15, -0.1) is 0 Å². The number of aromatic amines is 1. The molecule has 0 unspecified atom stereocenters. The molecule has 0 spiro atoms. The Labute approximate surface area is 205 Å². The van der Waals surface area contributed by atoms with E-state index in [-0.39, 0.29) is 23.3 Å². The number of nitrogens with two attached hydrogens (primary N) is 2. The summed E-state index contributed by atoms with van der Waals surface area (Å²) in [6.07, 6.45) is 4.73. The molecule has 7 N–H and O–H groups in total. The molecular formula is C26H23FN8O. The van der Waals surface area contributed by atoms with Crippen LogP contribution in [0.2, 0.25) is 0 Å². The zero-order valence-corrected chi connectivity index (χ0v) is 19.3. The Morgan fingerprint density at radius 2 is 1.78 bits per heavy atom. The average Bonchev–Trinajstić information content (AvgIpc) is 3.31. The van der Waals surface area contributed by atoms with Crippen LogP contribution < -0.4 is 22.1 Å². The van der Waals surface area contributed by atoms with Gasteiger partial charge in [-0.1, -0.05) is 24.3 Å². The molecule has 0 bridgehead atoms. The summed E-state index contributed by atoms with van der Waals surface area (Å²) >= 11 is 0. The molecule has 36 heavy (non-hydrogen) atoms. The van der Waals surface area contributed by atoms with E-state index in [1.807, 2.05) is 37.4 Å². The van der Waals surface area contributed by atoms with E-state index in [9.17, 15) is 9.18 Å². The van der Waals surface area contributed by atoms with E-state index < -0.39 is 0 Å². The van der Waals surface area contributed by atoms with Crippen LogP contribution in [-0.2, 0) is 0 Å². The maximum atomic E-state index is 13.2. The predicted molar refractivity (Wildman–Crippen MR) is 138 cm³/mol. The van der Waals surface area contributed by atoms with E-state index in [0.717, 1.165) is 27.8 Å². The molecule has 3 heterocycles. The second kappa shape index (κ2) is 9.34. The number of anilines is 4. The number of nitrogens with one attached hydrogen (secondary N) is 3. The van der Waals surface area contributed by atoms with Gasteiger partial charge in [-0.05, 0) is 48.4 Å². The lowest BCUT2D eigenvalue weighted by molar-refractivity contribution is 0.0940. The first-order valence-corrected chi connectivity index (χ1v) is 11.2. The molecule has 0 aliphatic carbocycles. The lowest BCUT2D eigenvalue weighted by Gasteiger charge is -2.17. The summed E-state index contributed by atoms with van der Waals surface area (Å²) < 4.78 is 13.2. The highest BCUT2D eigenvalue weighted by Crippen LogP contribution is 2.32. The zero-order chi connectivity index (χ0) is 25.2. The number of amides is 1. The van der Waals surface area contributed by atoms with Gasteiger partial charge in [0.15, 0.2) is 0 Å². The summed E-state index contributed by atoms with van der Waals surface area (Å²) in [5.41, 5.74) is 16.6. The molecule has 0 fully saturated rings. The smallest absolute Gasteiger partial charge is 0.255 e. The number of pyridine rings is 1. The zero-order valence-electron chi connectivity index (χ0n) is 19.3. The fraction of sp³-hybridized carbons (Fsp3) is 0.0769. The molecule has 5 rings (SSSR count). The normalized spacial score (nSPS) is 11.8. The maximum absolute atomic E-state index is 13.2. The molecule has 2 aromatic carbocycles. The molecule has 180 valence electrons. The second-order valence-electron chi connectivity index (χ2n) is 8.30. The van der Waals surface area contributed by atoms with Crippen molar-refractivity contribution in [2.24, 2.45) is 0 Å². The topological polar surface area (TPSA) is 148 Å². The molecule has 1 atom stereocenters. The minimum atomic E-state index is -0.361. The number of benzene rings is 2. The number of halogens is 1. The van der Waals surface area contributed by atoms with Gasteiger partial charge in [-0.2, -0.15) is 0 Å². The van der Waals surface area contributed by atoms with Crippen molar-refractivity contribution in [3.8, 4) is 11.1 Å². The van der Waals surface area contributed by atoms with Crippen LogP contribution in [0, 0.1) is 5.82 Å². The van der Waals surface area contributed by atoms with E-state index in [2.05, 4.69) is 30.6 Å².